The maximum atomic E-state index is 4.71. The largest absolute Gasteiger partial charge is 0.357 e. The molecule has 2 N–H and O–H groups in total. The number of aryl methyl sites for hydroxylation is 4. The van der Waals surface area contributed by atoms with Crippen LogP contribution < -0.4 is 10.6 Å². The molecule has 0 aliphatic carbocycles. The van der Waals surface area contributed by atoms with Gasteiger partial charge in [0.2, 0.25) is 0 Å². The van der Waals surface area contributed by atoms with Crippen LogP contribution in [0.25, 0.3) is 0 Å². The fourth-order valence-electron chi connectivity index (χ4n) is 2.80. The highest BCUT2D eigenvalue weighted by molar-refractivity contribution is 14.0. The van der Waals surface area contributed by atoms with Crippen LogP contribution in [0.3, 0.4) is 0 Å². The maximum Gasteiger partial charge on any atom is 0.191 e. The first kappa shape index (κ1) is 22.5. The van der Waals surface area contributed by atoms with Gasteiger partial charge in [0.15, 0.2) is 5.96 Å². The smallest absolute Gasteiger partial charge is 0.191 e. The summed E-state index contributed by atoms with van der Waals surface area (Å²) >= 11 is 0. The van der Waals surface area contributed by atoms with Crippen LogP contribution >= 0.6 is 24.0 Å². The molecular formula is C18H32IN7. The van der Waals surface area contributed by atoms with Gasteiger partial charge in [-0.3, -0.25) is 4.68 Å². The molecule has 0 atom stereocenters. The summed E-state index contributed by atoms with van der Waals surface area (Å²) < 4.78 is 4.10. The van der Waals surface area contributed by atoms with Gasteiger partial charge in [0.1, 0.15) is 5.82 Å². The number of hydrogen-bond donors (Lipinski definition) is 2. The number of imidazole rings is 1. The van der Waals surface area contributed by atoms with Crippen LogP contribution in [0, 0.1) is 20.8 Å². The van der Waals surface area contributed by atoms with Crippen LogP contribution in [0.15, 0.2) is 17.4 Å². The normalized spacial score (nSPS) is 11.3. The lowest BCUT2D eigenvalue weighted by Crippen LogP contribution is -2.37. The average Bonchev–Trinajstić information content (AvgIpc) is 3.09. The Morgan fingerprint density at radius 1 is 1.19 bits per heavy atom. The molecule has 26 heavy (non-hydrogen) atoms. The number of unbranched alkanes of at least 4 members (excludes halogenated alkanes) is 1. The van der Waals surface area contributed by atoms with Crippen molar-refractivity contribution in [3.05, 3.63) is 35.2 Å². The van der Waals surface area contributed by atoms with Gasteiger partial charge in [0, 0.05) is 50.3 Å². The van der Waals surface area contributed by atoms with E-state index in [1.807, 2.05) is 38.0 Å². The van der Waals surface area contributed by atoms with Crippen molar-refractivity contribution < 1.29 is 0 Å². The molecule has 8 heteroatoms. The second-order valence-electron chi connectivity index (χ2n) is 6.27. The number of hydrogen-bond acceptors (Lipinski definition) is 3. The zero-order chi connectivity index (χ0) is 18.2. The molecule has 0 aliphatic rings. The van der Waals surface area contributed by atoms with Crippen LogP contribution in [0.1, 0.15) is 42.5 Å². The summed E-state index contributed by atoms with van der Waals surface area (Å²) in [7, 11) is 1.97. The molecule has 0 fully saturated rings. The number of nitrogens with one attached hydrogen (secondary N) is 2. The van der Waals surface area contributed by atoms with Crippen molar-refractivity contribution in [1.29, 1.82) is 0 Å². The number of halogens is 1. The van der Waals surface area contributed by atoms with E-state index in [0.29, 0.717) is 6.54 Å². The lowest BCUT2D eigenvalue weighted by Gasteiger charge is -2.11. The van der Waals surface area contributed by atoms with Gasteiger partial charge in [-0.25, -0.2) is 9.98 Å². The summed E-state index contributed by atoms with van der Waals surface area (Å²) in [6.45, 7) is 11.7. The minimum atomic E-state index is 0. The summed E-state index contributed by atoms with van der Waals surface area (Å²) in [6.07, 6.45) is 6.09. The SMILES string of the molecule is CCNC(=NCc1c(C)nn(C)c1C)NCCCCn1ccnc1C.I. The fourth-order valence-corrected chi connectivity index (χ4v) is 2.80. The zero-order valence-corrected chi connectivity index (χ0v) is 18.9. The van der Waals surface area contributed by atoms with E-state index in [2.05, 4.69) is 39.1 Å². The van der Waals surface area contributed by atoms with Crippen molar-refractivity contribution in [2.75, 3.05) is 13.1 Å². The van der Waals surface area contributed by atoms with Crippen molar-refractivity contribution in [2.45, 2.75) is 53.6 Å². The predicted molar refractivity (Wildman–Crippen MR) is 117 cm³/mol. The van der Waals surface area contributed by atoms with Crippen LogP contribution in [-0.2, 0) is 20.1 Å². The van der Waals surface area contributed by atoms with E-state index in [9.17, 15) is 0 Å². The molecule has 0 amide bonds. The summed E-state index contributed by atoms with van der Waals surface area (Å²) in [5.74, 6) is 1.94. The molecule has 0 spiro atoms. The third-order valence-corrected chi connectivity index (χ3v) is 4.44. The third-order valence-electron chi connectivity index (χ3n) is 4.44. The Morgan fingerprint density at radius 3 is 2.54 bits per heavy atom. The Bertz CT molecular complexity index is 702. The highest BCUT2D eigenvalue weighted by Gasteiger charge is 2.08. The number of nitrogens with zero attached hydrogens (tertiary/aromatic N) is 5. The minimum Gasteiger partial charge on any atom is -0.357 e. The van der Waals surface area contributed by atoms with Gasteiger partial charge < -0.3 is 15.2 Å². The van der Waals surface area contributed by atoms with Crippen molar-refractivity contribution in [3.63, 3.8) is 0 Å². The molecule has 0 saturated heterocycles. The van der Waals surface area contributed by atoms with Gasteiger partial charge in [-0.15, -0.1) is 24.0 Å². The van der Waals surface area contributed by atoms with Crippen molar-refractivity contribution in [1.82, 2.24) is 30.0 Å². The highest BCUT2D eigenvalue weighted by atomic mass is 127. The van der Waals surface area contributed by atoms with E-state index >= 15 is 0 Å². The number of rotatable bonds is 8. The Morgan fingerprint density at radius 2 is 1.96 bits per heavy atom. The Labute approximate surface area is 173 Å². The Balaban J connectivity index is 0.00000338. The van der Waals surface area contributed by atoms with Crippen molar-refractivity contribution in [3.8, 4) is 0 Å². The molecule has 0 radical (unpaired) electrons. The van der Waals surface area contributed by atoms with Crippen LogP contribution in [-0.4, -0.2) is 38.4 Å². The third kappa shape index (κ3) is 6.30. The molecular weight excluding hydrogens is 441 g/mol. The topological polar surface area (TPSA) is 72.1 Å². The average molecular weight is 473 g/mol. The second kappa shape index (κ2) is 11.2. The van der Waals surface area contributed by atoms with Crippen LogP contribution in [0.4, 0.5) is 0 Å². The quantitative estimate of drug-likeness (QED) is 0.268. The number of aromatic nitrogens is 4. The summed E-state index contributed by atoms with van der Waals surface area (Å²) in [5, 5.41) is 11.2. The van der Waals surface area contributed by atoms with E-state index < -0.39 is 0 Å². The summed E-state index contributed by atoms with van der Waals surface area (Å²) in [5.41, 5.74) is 3.43. The predicted octanol–water partition coefficient (Wildman–Crippen LogP) is 2.70. The lowest BCUT2D eigenvalue weighted by molar-refractivity contribution is 0.588. The van der Waals surface area contributed by atoms with Gasteiger partial charge >= 0.3 is 0 Å². The van der Waals surface area contributed by atoms with E-state index in [0.717, 1.165) is 50.0 Å². The van der Waals surface area contributed by atoms with Crippen LogP contribution in [0.5, 0.6) is 0 Å². The maximum absolute atomic E-state index is 4.71. The molecule has 2 heterocycles. The molecule has 0 aliphatic heterocycles. The standard InChI is InChI=1S/C18H31N7.HI/c1-6-19-18(22-13-17-14(2)23-24(5)15(17)3)21-9-7-8-11-25-12-10-20-16(25)4;/h10,12H,6-9,11,13H2,1-5H3,(H2,19,21,22);1H. The summed E-state index contributed by atoms with van der Waals surface area (Å²) in [4.78, 5) is 8.95. The second-order valence-corrected chi connectivity index (χ2v) is 6.27. The highest BCUT2D eigenvalue weighted by Crippen LogP contribution is 2.12. The van der Waals surface area contributed by atoms with E-state index in [4.69, 9.17) is 4.99 Å². The van der Waals surface area contributed by atoms with Gasteiger partial charge in [-0.05, 0) is 40.5 Å². The molecule has 146 valence electrons. The molecule has 0 bridgehead atoms. The Kier molecular flexibility index (Phi) is 9.68. The summed E-state index contributed by atoms with van der Waals surface area (Å²) in [6, 6.07) is 0. The number of aliphatic imine (C=N–C) groups is 1. The molecule has 0 saturated carbocycles. The first-order valence-electron chi connectivity index (χ1n) is 9.02. The zero-order valence-electron chi connectivity index (χ0n) is 16.5. The molecule has 0 aromatic carbocycles. The monoisotopic (exact) mass is 473 g/mol. The number of guanidine groups is 1. The minimum absolute atomic E-state index is 0. The van der Waals surface area contributed by atoms with E-state index in [1.54, 1.807) is 0 Å². The molecule has 7 nitrogen and oxygen atoms in total. The fraction of sp³-hybridized carbons (Fsp3) is 0.611. The molecule has 2 aromatic rings. The Hall–Kier alpha value is -1.58. The molecule has 0 unspecified atom stereocenters. The van der Waals surface area contributed by atoms with Gasteiger partial charge in [0.25, 0.3) is 0 Å². The van der Waals surface area contributed by atoms with Crippen molar-refractivity contribution in [2.24, 2.45) is 12.0 Å². The first-order chi connectivity index (χ1) is 12.0. The van der Waals surface area contributed by atoms with Gasteiger partial charge in [0.05, 0.1) is 12.2 Å². The van der Waals surface area contributed by atoms with E-state index in [-0.39, 0.29) is 24.0 Å². The lowest BCUT2D eigenvalue weighted by atomic mass is 10.2. The van der Waals surface area contributed by atoms with Gasteiger partial charge in [-0.1, -0.05) is 0 Å². The molecule has 2 aromatic heterocycles. The first-order valence-corrected chi connectivity index (χ1v) is 9.02. The molecule has 2 rings (SSSR count). The van der Waals surface area contributed by atoms with Gasteiger partial charge in [-0.2, -0.15) is 5.10 Å². The van der Waals surface area contributed by atoms with E-state index in [1.165, 1.54) is 11.3 Å². The van der Waals surface area contributed by atoms with Crippen molar-refractivity contribution >= 4 is 29.9 Å². The van der Waals surface area contributed by atoms with Crippen LogP contribution in [0.2, 0.25) is 0 Å².